The third-order valence-corrected chi connectivity index (χ3v) is 6.46. The summed E-state index contributed by atoms with van der Waals surface area (Å²) in [6, 6.07) is 10.8. The summed E-state index contributed by atoms with van der Waals surface area (Å²) in [5, 5.41) is 2.71. The SMILES string of the molecule is CCCN1C[C@@H](C)[C@@H](OC)CN(C)C(=O)c2ccc(NC(=O)c3ccccc3F)cc2OC[C@H]1C. The number of methoxy groups -OCH3 is 1. The minimum Gasteiger partial charge on any atom is -0.491 e. The van der Waals surface area contributed by atoms with Crippen LogP contribution in [0, 0.1) is 11.7 Å². The van der Waals surface area contributed by atoms with Crippen molar-refractivity contribution in [2.75, 3.05) is 45.7 Å². The Morgan fingerprint density at radius 3 is 2.63 bits per heavy atom. The van der Waals surface area contributed by atoms with Crippen LogP contribution in [0.4, 0.5) is 10.1 Å². The topological polar surface area (TPSA) is 71.1 Å². The Labute approximate surface area is 207 Å². The van der Waals surface area contributed by atoms with Crippen molar-refractivity contribution < 1.29 is 23.5 Å². The summed E-state index contributed by atoms with van der Waals surface area (Å²) in [6.45, 7) is 8.96. The lowest BCUT2D eigenvalue weighted by atomic mass is 10.0. The van der Waals surface area contributed by atoms with E-state index in [0.29, 0.717) is 30.2 Å². The molecule has 0 unspecified atom stereocenters. The number of fused-ring (bicyclic) bond motifs is 1. The minimum absolute atomic E-state index is 0.0550. The summed E-state index contributed by atoms with van der Waals surface area (Å²) in [4.78, 5) is 29.9. The second-order valence-electron chi connectivity index (χ2n) is 9.24. The minimum atomic E-state index is -0.601. The lowest BCUT2D eigenvalue weighted by Gasteiger charge is -2.35. The Morgan fingerprint density at radius 2 is 1.94 bits per heavy atom. The molecule has 35 heavy (non-hydrogen) atoms. The number of anilines is 1. The fraction of sp³-hybridized carbons (Fsp3) is 0.481. The van der Waals surface area contributed by atoms with E-state index >= 15 is 0 Å². The summed E-state index contributed by atoms with van der Waals surface area (Å²) in [5.41, 5.74) is 0.760. The number of rotatable bonds is 5. The van der Waals surface area contributed by atoms with E-state index in [1.54, 1.807) is 43.3 Å². The van der Waals surface area contributed by atoms with Crippen molar-refractivity contribution in [2.24, 2.45) is 5.92 Å². The highest BCUT2D eigenvalue weighted by Gasteiger charge is 2.28. The Bertz CT molecular complexity index is 1030. The molecule has 190 valence electrons. The monoisotopic (exact) mass is 485 g/mol. The van der Waals surface area contributed by atoms with Gasteiger partial charge in [0.25, 0.3) is 11.8 Å². The lowest BCUT2D eigenvalue weighted by molar-refractivity contribution is 0.0108. The van der Waals surface area contributed by atoms with Gasteiger partial charge in [-0.3, -0.25) is 14.5 Å². The number of nitrogens with one attached hydrogen (secondary N) is 1. The van der Waals surface area contributed by atoms with Gasteiger partial charge in [0.2, 0.25) is 0 Å². The van der Waals surface area contributed by atoms with Gasteiger partial charge in [0.15, 0.2) is 0 Å². The first-order chi connectivity index (χ1) is 16.7. The highest BCUT2D eigenvalue weighted by Crippen LogP contribution is 2.27. The standard InChI is InChI=1S/C27H36FN3O4/c1-6-13-31-15-18(2)25(34-5)16-30(4)27(33)22-12-11-20(14-24(22)35-17-19(31)3)29-26(32)21-9-7-8-10-23(21)28/h7-12,14,18-19,25H,6,13,15-17H2,1-5H3,(H,29,32)/t18-,19-,25+/m1/s1. The molecular weight excluding hydrogens is 449 g/mol. The van der Waals surface area contributed by atoms with Crippen LogP contribution in [0.1, 0.15) is 47.9 Å². The molecule has 1 aliphatic rings. The molecule has 1 N–H and O–H groups in total. The second-order valence-corrected chi connectivity index (χ2v) is 9.24. The van der Waals surface area contributed by atoms with Gasteiger partial charge < -0.3 is 19.7 Å². The first kappa shape index (κ1) is 26.6. The maximum absolute atomic E-state index is 14.0. The maximum Gasteiger partial charge on any atom is 0.258 e. The van der Waals surface area contributed by atoms with Gasteiger partial charge in [0.05, 0.1) is 17.2 Å². The van der Waals surface area contributed by atoms with Crippen LogP contribution in [0.25, 0.3) is 0 Å². The van der Waals surface area contributed by atoms with Crippen LogP contribution in [-0.4, -0.2) is 74.2 Å². The lowest BCUT2D eigenvalue weighted by Crippen LogP contribution is -2.46. The molecule has 1 heterocycles. The molecule has 7 nitrogen and oxygen atoms in total. The number of amides is 2. The summed E-state index contributed by atoms with van der Waals surface area (Å²) in [7, 11) is 3.43. The van der Waals surface area contributed by atoms with Crippen molar-refractivity contribution in [3.05, 3.63) is 59.4 Å². The van der Waals surface area contributed by atoms with Gasteiger partial charge >= 0.3 is 0 Å². The van der Waals surface area contributed by atoms with E-state index in [0.717, 1.165) is 19.5 Å². The summed E-state index contributed by atoms with van der Waals surface area (Å²) in [6.07, 6.45) is 0.897. The Balaban J connectivity index is 1.92. The second kappa shape index (κ2) is 12.1. The molecule has 0 fully saturated rings. The van der Waals surface area contributed by atoms with Crippen molar-refractivity contribution in [1.82, 2.24) is 9.80 Å². The molecule has 1 aliphatic heterocycles. The van der Waals surface area contributed by atoms with Gasteiger partial charge in [-0.1, -0.05) is 26.0 Å². The molecule has 0 spiro atoms. The average molecular weight is 486 g/mol. The van der Waals surface area contributed by atoms with Crippen LogP contribution in [0.2, 0.25) is 0 Å². The molecule has 0 aromatic heterocycles. The van der Waals surface area contributed by atoms with Gasteiger partial charge in [-0.05, 0) is 50.1 Å². The molecule has 2 aromatic carbocycles. The molecule has 8 heteroatoms. The van der Waals surface area contributed by atoms with E-state index in [2.05, 4.69) is 31.0 Å². The molecule has 0 saturated heterocycles. The fourth-order valence-corrected chi connectivity index (χ4v) is 4.37. The molecule has 0 saturated carbocycles. The number of benzene rings is 2. The smallest absolute Gasteiger partial charge is 0.258 e. The molecule has 3 rings (SSSR count). The molecule has 0 bridgehead atoms. The molecular formula is C27H36FN3O4. The van der Waals surface area contributed by atoms with Crippen molar-refractivity contribution in [1.29, 1.82) is 0 Å². The number of ether oxygens (including phenoxy) is 2. The molecule has 2 aromatic rings. The zero-order valence-electron chi connectivity index (χ0n) is 21.2. The number of nitrogens with zero attached hydrogens (tertiary/aromatic N) is 2. The van der Waals surface area contributed by atoms with E-state index in [-0.39, 0.29) is 29.5 Å². The molecule has 2 amide bonds. The van der Waals surface area contributed by atoms with Gasteiger partial charge in [-0.2, -0.15) is 0 Å². The highest BCUT2D eigenvalue weighted by molar-refractivity contribution is 6.05. The van der Waals surface area contributed by atoms with E-state index in [4.69, 9.17) is 9.47 Å². The van der Waals surface area contributed by atoms with E-state index < -0.39 is 11.7 Å². The third kappa shape index (κ3) is 6.58. The van der Waals surface area contributed by atoms with Gasteiger partial charge in [-0.25, -0.2) is 4.39 Å². The first-order valence-electron chi connectivity index (χ1n) is 12.1. The Morgan fingerprint density at radius 1 is 1.20 bits per heavy atom. The number of hydrogen-bond donors (Lipinski definition) is 1. The number of carbonyl (C=O) groups excluding carboxylic acids is 2. The van der Waals surface area contributed by atoms with Crippen molar-refractivity contribution in [2.45, 2.75) is 39.3 Å². The molecule has 3 atom stereocenters. The van der Waals surface area contributed by atoms with Crippen LogP contribution in [0.5, 0.6) is 5.75 Å². The summed E-state index contributed by atoms with van der Waals surface area (Å²) < 4.78 is 26.0. The predicted octanol–water partition coefficient (Wildman–Crippen LogP) is 4.29. The van der Waals surface area contributed by atoms with Crippen LogP contribution in [-0.2, 0) is 4.74 Å². The van der Waals surface area contributed by atoms with Crippen LogP contribution >= 0.6 is 0 Å². The van der Waals surface area contributed by atoms with E-state index in [1.165, 1.54) is 18.2 Å². The van der Waals surface area contributed by atoms with Gasteiger partial charge in [0, 0.05) is 45.0 Å². The van der Waals surface area contributed by atoms with E-state index in [1.807, 2.05) is 0 Å². The van der Waals surface area contributed by atoms with E-state index in [9.17, 15) is 14.0 Å². The zero-order chi connectivity index (χ0) is 25.5. The van der Waals surface area contributed by atoms with Crippen molar-refractivity contribution >= 4 is 17.5 Å². The Hall–Kier alpha value is -2.97. The number of hydrogen-bond acceptors (Lipinski definition) is 5. The van der Waals surface area contributed by atoms with Crippen LogP contribution in [0.15, 0.2) is 42.5 Å². The van der Waals surface area contributed by atoms with Crippen molar-refractivity contribution in [3.63, 3.8) is 0 Å². The normalized spacial score (nSPS) is 21.9. The summed E-state index contributed by atoms with van der Waals surface area (Å²) in [5.74, 6) is -0.770. The number of halogens is 1. The number of likely N-dealkylation sites (N-methyl/N-ethyl adjacent to an activating group) is 1. The maximum atomic E-state index is 14.0. The fourth-order valence-electron chi connectivity index (χ4n) is 4.37. The van der Waals surface area contributed by atoms with Crippen LogP contribution < -0.4 is 10.1 Å². The Kier molecular flexibility index (Phi) is 9.23. The predicted molar refractivity (Wildman–Crippen MR) is 135 cm³/mol. The average Bonchev–Trinajstić information content (AvgIpc) is 2.84. The molecule has 0 radical (unpaired) electrons. The van der Waals surface area contributed by atoms with Crippen molar-refractivity contribution in [3.8, 4) is 5.75 Å². The first-order valence-corrected chi connectivity index (χ1v) is 12.1. The van der Waals surface area contributed by atoms with Gasteiger partial charge in [-0.15, -0.1) is 0 Å². The number of carbonyl (C=O) groups is 2. The zero-order valence-corrected chi connectivity index (χ0v) is 21.2. The quantitative estimate of drug-likeness (QED) is 0.684. The highest BCUT2D eigenvalue weighted by atomic mass is 19.1. The largest absolute Gasteiger partial charge is 0.491 e. The van der Waals surface area contributed by atoms with Gasteiger partial charge in [0.1, 0.15) is 18.2 Å². The third-order valence-electron chi connectivity index (χ3n) is 6.46. The molecule has 0 aliphatic carbocycles. The van der Waals surface area contributed by atoms with Crippen LogP contribution in [0.3, 0.4) is 0 Å². The summed E-state index contributed by atoms with van der Waals surface area (Å²) >= 11 is 0.